The summed E-state index contributed by atoms with van der Waals surface area (Å²) in [6, 6.07) is 13.8. The molecule has 0 bridgehead atoms. The number of nitrogens with two attached hydrogens (primary N) is 1. The molecule has 1 heterocycles. The first-order valence-corrected chi connectivity index (χ1v) is 6.92. The summed E-state index contributed by atoms with van der Waals surface area (Å²) in [4.78, 5) is 9.11. The molecule has 3 aromatic rings. The van der Waals surface area contributed by atoms with Crippen molar-refractivity contribution < 1.29 is 4.74 Å². The molecule has 0 atom stereocenters. The van der Waals surface area contributed by atoms with Gasteiger partial charge in [0.05, 0.1) is 12.6 Å². The Morgan fingerprint density at radius 2 is 1.90 bits per heavy atom. The predicted molar refractivity (Wildman–Crippen MR) is 85.3 cm³/mol. The van der Waals surface area contributed by atoms with Crippen molar-refractivity contribution in [1.29, 1.82) is 0 Å². The molecule has 0 unspecified atom stereocenters. The molecular formula is C17H17N3O. The Labute approximate surface area is 123 Å². The summed E-state index contributed by atoms with van der Waals surface area (Å²) in [6.45, 7) is 2.12. The van der Waals surface area contributed by atoms with Crippen LogP contribution >= 0.6 is 0 Å². The van der Waals surface area contributed by atoms with Crippen LogP contribution in [0, 0.1) is 0 Å². The number of ether oxygens (including phenoxy) is 1. The van der Waals surface area contributed by atoms with Crippen LogP contribution in [-0.2, 0) is 6.42 Å². The van der Waals surface area contributed by atoms with Crippen LogP contribution in [0.25, 0.3) is 22.3 Å². The Balaban J connectivity index is 2.21. The van der Waals surface area contributed by atoms with E-state index in [0.29, 0.717) is 11.6 Å². The van der Waals surface area contributed by atoms with Gasteiger partial charge in [0.1, 0.15) is 11.6 Å². The van der Waals surface area contributed by atoms with Crippen LogP contribution in [0.4, 0.5) is 5.82 Å². The maximum Gasteiger partial charge on any atom is 0.162 e. The Morgan fingerprint density at radius 3 is 2.67 bits per heavy atom. The first kappa shape index (κ1) is 13.4. The highest BCUT2D eigenvalue weighted by molar-refractivity contribution is 5.90. The average Bonchev–Trinajstić information content (AvgIpc) is 2.54. The minimum atomic E-state index is 0.472. The summed E-state index contributed by atoms with van der Waals surface area (Å²) >= 11 is 0. The lowest BCUT2D eigenvalue weighted by Crippen LogP contribution is -2.00. The Morgan fingerprint density at radius 1 is 1.10 bits per heavy atom. The van der Waals surface area contributed by atoms with E-state index < -0.39 is 0 Å². The molecule has 4 nitrogen and oxygen atoms in total. The van der Waals surface area contributed by atoms with Gasteiger partial charge >= 0.3 is 0 Å². The van der Waals surface area contributed by atoms with Gasteiger partial charge < -0.3 is 10.5 Å². The Bertz CT molecular complexity index is 799. The van der Waals surface area contributed by atoms with Gasteiger partial charge in [0, 0.05) is 10.9 Å². The smallest absolute Gasteiger partial charge is 0.162 e. The zero-order valence-electron chi connectivity index (χ0n) is 12.1. The van der Waals surface area contributed by atoms with Crippen molar-refractivity contribution in [3.8, 4) is 17.1 Å². The maximum absolute atomic E-state index is 6.10. The average molecular weight is 279 g/mol. The number of hydrogen-bond donors (Lipinski definition) is 1. The summed E-state index contributed by atoms with van der Waals surface area (Å²) in [6.07, 6.45) is 0.931. The number of nitrogens with zero attached hydrogens (tertiary/aromatic N) is 2. The minimum absolute atomic E-state index is 0.472. The van der Waals surface area contributed by atoms with Crippen molar-refractivity contribution in [2.45, 2.75) is 13.3 Å². The second-order valence-corrected chi connectivity index (χ2v) is 4.83. The lowest BCUT2D eigenvalue weighted by molar-refractivity contribution is 0.415. The quantitative estimate of drug-likeness (QED) is 0.797. The molecule has 2 N–H and O–H groups in total. The molecule has 0 saturated carbocycles. The maximum atomic E-state index is 6.10. The van der Waals surface area contributed by atoms with Crippen molar-refractivity contribution in [3.05, 3.63) is 48.0 Å². The van der Waals surface area contributed by atoms with E-state index in [1.807, 2.05) is 36.4 Å². The molecule has 3 rings (SSSR count). The predicted octanol–water partition coefficient (Wildman–Crippen LogP) is 3.45. The number of nitrogen functional groups attached to an aromatic ring is 1. The molecule has 0 amide bonds. The first-order valence-electron chi connectivity index (χ1n) is 6.92. The number of rotatable bonds is 3. The Kier molecular flexibility index (Phi) is 3.44. The molecule has 4 heteroatoms. The van der Waals surface area contributed by atoms with Gasteiger partial charge in [0.2, 0.25) is 0 Å². The molecule has 1 aromatic heterocycles. The monoisotopic (exact) mass is 279 g/mol. The molecule has 0 fully saturated rings. The number of benzene rings is 2. The van der Waals surface area contributed by atoms with Gasteiger partial charge in [0.25, 0.3) is 0 Å². The third-order valence-corrected chi connectivity index (χ3v) is 3.57. The van der Waals surface area contributed by atoms with Crippen molar-refractivity contribution in [2.24, 2.45) is 0 Å². The van der Waals surface area contributed by atoms with E-state index in [4.69, 9.17) is 10.5 Å². The van der Waals surface area contributed by atoms with Crippen molar-refractivity contribution in [2.75, 3.05) is 12.8 Å². The van der Waals surface area contributed by atoms with Crippen LogP contribution in [0.5, 0.6) is 5.75 Å². The zero-order valence-corrected chi connectivity index (χ0v) is 12.1. The molecule has 0 radical (unpaired) electrons. The van der Waals surface area contributed by atoms with E-state index in [1.165, 1.54) is 5.56 Å². The normalized spacial score (nSPS) is 10.8. The van der Waals surface area contributed by atoms with Gasteiger partial charge in [0.15, 0.2) is 5.82 Å². The van der Waals surface area contributed by atoms with E-state index in [2.05, 4.69) is 23.0 Å². The second-order valence-electron chi connectivity index (χ2n) is 4.83. The first-order chi connectivity index (χ1) is 10.2. The molecule has 0 aliphatic heterocycles. The fraction of sp³-hybridized carbons (Fsp3) is 0.176. The highest BCUT2D eigenvalue weighted by Crippen LogP contribution is 2.28. The number of fused-ring (bicyclic) bond motifs is 1. The molecule has 0 spiro atoms. The van der Waals surface area contributed by atoms with Crippen molar-refractivity contribution in [3.63, 3.8) is 0 Å². The summed E-state index contributed by atoms with van der Waals surface area (Å²) in [5.74, 6) is 1.89. The minimum Gasteiger partial charge on any atom is -0.497 e. The third-order valence-electron chi connectivity index (χ3n) is 3.57. The van der Waals surface area contributed by atoms with Gasteiger partial charge in [-0.15, -0.1) is 0 Å². The van der Waals surface area contributed by atoms with Crippen LogP contribution in [0.15, 0.2) is 42.5 Å². The standard InChI is InChI=1S/C17H17N3O/c1-3-11-6-4-5-7-13(11)17-19-15-9-8-12(21-2)10-14(15)16(18)20-17/h4-10H,3H2,1-2H3,(H2,18,19,20). The topological polar surface area (TPSA) is 61.0 Å². The van der Waals surface area contributed by atoms with Crippen molar-refractivity contribution in [1.82, 2.24) is 9.97 Å². The van der Waals surface area contributed by atoms with Crippen LogP contribution in [-0.4, -0.2) is 17.1 Å². The van der Waals surface area contributed by atoms with Crippen LogP contribution < -0.4 is 10.5 Å². The van der Waals surface area contributed by atoms with Gasteiger partial charge in [-0.3, -0.25) is 0 Å². The van der Waals surface area contributed by atoms with Gasteiger partial charge in [-0.2, -0.15) is 0 Å². The number of aryl methyl sites for hydroxylation is 1. The van der Waals surface area contributed by atoms with Crippen LogP contribution in [0.1, 0.15) is 12.5 Å². The number of methoxy groups -OCH3 is 1. The zero-order chi connectivity index (χ0) is 14.8. The number of anilines is 1. The second kappa shape index (κ2) is 5.40. The van der Waals surface area contributed by atoms with Crippen molar-refractivity contribution >= 4 is 16.7 Å². The molecule has 0 saturated heterocycles. The highest BCUT2D eigenvalue weighted by atomic mass is 16.5. The summed E-state index contributed by atoms with van der Waals surface area (Å²) < 4.78 is 5.22. The van der Waals surface area contributed by atoms with E-state index in [-0.39, 0.29) is 0 Å². The van der Waals surface area contributed by atoms with Gasteiger partial charge in [-0.25, -0.2) is 9.97 Å². The largest absolute Gasteiger partial charge is 0.497 e. The fourth-order valence-corrected chi connectivity index (χ4v) is 2.43. The number of aromatic nitrogens is 2. The molecule has 106 valence electrons. The van der Waals surface area contributed by atoms with E-state index in [9.17, 15) is 0 Å². The lowest BCUT2D eigenvalue weighted by Gasteiger charge is -2.09. The highest BCUT2D eigenvalue weighted by Gasteiger charge is 2.10. The van der Waals surface area contributed by atoms with E-state index in [0.717, 1.165) is 28.6 Å². The molecular weight excluding hydrogens is 262 g/mol. The lowest BCUT2D eigenvalue weighted by atomic mass is 10.0. The number of hydrogen-bond acceptors (Lipinski definition) is 4. The van der Waals surface area contributed by atoms with E-state index in [1.54, 1.807) is 7.11 Å². The molecule has 0 aliphatic carbocycles. The summed E-state index contributed by atoms with van der Waals surface area (Å²) in [5.41, 5.74) is 9.17. The van der Waals surface area contributed by atoms with E-state index >= 15 is 0 Å². The van der Waals surface area contributed by atoms with Crippen LogP contribution in [0.2, 0.25) is 0 Å². The van der Waals surface area contributed by atoms with Gasteiger partial charge in [-0.1, -0.05) is 31.2 Å². The SMILES string of the molecule is CCc1ccccc1-c1nc(N)c2cc(OC)ccc2n1. The fourth-order valence-electron chi connectivity index (χ4n) is 2.43. The summed E-state index contributed by atoms with van der Waals surface area (Å²) in [7, 11) is 1.63. The Hall–Kier alpha value is -2.62. The molecule has 2 aromatic carbocycles. The molecule has 21 heavy (non-hydrogen) atoms. The summed E-state index contributed by atoms with van der Waals surface area (Å²) in [5, 5.41) is 0.812. The van der Waals surface area contributed by atoms with Crippen LogP contribution in [0.3, 0.4) is 0 Å². The molecule has 0 aliphatic rings. The van der Waals surface area contributed by atoms with Gasteiger partial charge in [-0.05, 0) is 30.2 Å². The third kappa shape index (κ3) is 2.40.